The quantitative estimate of drug-likeness (QED) is 0.584. The SMILES string of the molecule is O=C1CN(c2nc(-c3ccccn3)nc3scc(-c4ccccc4)c23)CCN1. The van der Waals surface area contributed by atoms with E-state index in [1.807, 2.05) is 41.3 Å². The molecule has 0 saturated carbocycles. The molecule has 7 heteroatoms. The van der Waals surface area contributed by atoms with E-state index in [4.69, 9.17) is 9.97 Å². The van der Waals surface area contributed by atoms with Gasteiger partial charge in [-0.05, 0) is 17.7 Å². The van der Waals surface area contributed by atoms with Crippen molar-refractivity contribution in [3.63, 3.8) is 0 Å². The molecule has 0 atom stereocenters. The number of carbonyl (C=O) groups excluding carboxylic acids is 1. The summed E-state index contributed by atoms with van der Waals surface area (Å²) in [5.41, 5.74) is 2.93. The fourth-order valence-corrected chi connectivity index (χ4v) is 4.35. The molecule has 0 spiro atoms. The molecule has 5 rings (SSSR count). The number of amides is 1. The maximum Gasteiger partial charge on any atom is 0.239 e. The van der Waals surface area contributed by atoms with Gasteiger partial charge in [0.05, 0.1) is 11.9 Å². The Labute approximate surface area is 165 Å². The van der Waals surface area contributed by atoms with Gasteiger partial charge in [-0.2, -0.15) is 0 Å². The zero-order valence-corrected chi connectivity index (χ0v) is 15.8. The number of piperazine rings is 1. The van der Waals surface area contributed by atoms with Crippen LogP contribution < -0.4 is 10.2 Å². The van der Waals surface area contributed by atoms with E-state index in [2.05, 4.69) is 27.8 Å². The van der Waals surface area contributed by atoms with Gasteiger partial charge in [-0.3, -0.25) is 9.78 Å². The first-order valence-electron chi connectivity index (χ1n) is 9.07. The second kappa shape index (κ2) is 7.01. The van der Waals surface area contributed by atoms with E-state index in [-0.39, 0.29) is 12.5 Å². The summed E-state index contributed by atoms with van der Waals surface area (Å²) in [5.74, 6) is 1.38. The normalized spacial score (nSPS) is 14.3. The molecule has 4 aromatic rings. The van der Waals surface area contributed by atoms with Crippen LogP contribution in [0.2, 0.25) is 0 Å². The van der Waals surface area contributed by atoms with Gasteiger partial charge >= 0.3 is 0 Å². The Balaban J connectivity index is 1.74. The van der Waals surface area contributed by atoms with Crippen LogP contribution in [0.4, 0.5) is 5.82 Å². The minimum absolute atomic E-state index is 0.00823. The first kappa shape index (κ1) is 16.8. The van der Waals surface area contributed by atoms with E-state index in [1.165, 1.54) is 0 Å². The van der Waals surface area contributed by atoms with Crippen LogP contribution in [0.3, 0.4) is 0 Å². The van der Waals surface area contributed by atoms with Gasteiger partial charge in [0.2, 0.25) is 5.91 Å². The van der Waals surface area contributed by atoms with Crippen LogP contribution in [0.1, 0.15) is 0 Å². The molecule has 3 aromatic heterocycles. The molecule has 1 aliphatic heterocycles. The van der Waals surface area contributed by atoms with Gasteiger partial charge in [-0.25, -0.2) is 9.97 Å². The number of anilines is 1. The molecule has 1 aromatic carbocycles. The largest absolute Gasteiger partial charge is 0.353 e. The summed E-state index contributed by atoms with van der Waals surface area (Å²) >= 11 is 1.59. The van der Waals surface area contributed by atoms with Crippen molar-refractivity contribution in [3.8, 4) is 22.6 Å². The molecule has 1 aliphatic rings. The molecule has 1 saturated heterocycles. The van der Waals surface area contributed by atoms with E-state index >= 15 is 0 Å². The monoisotopic (exact) mass is 387 g/mol. The van der Waals surface area contributed by atoms with Gasteiger partial charge in [0.15, 0.2) is 5.82 Å². The van der Waals surface area contributed by atoms with Gasteiger partial charge < -0.3 is 10.2 Å². The third-order valence-corrected chi connectivity index (χ3v) is 5.60. The van der Waals surface area contributed by atoms with Crippen LogP contribution >= 0.6 is 11.3 Å². The highest BCUT2D eigenvalue weighted by molar-refractivity contribution is 7.17. The average molecular weight is 387 g/mol. The van der Waals surface area contributed by atoms with Gasteiger partial charge in [0.1, 0.15) is 16.3 Å². The minimum Gasteiger partial charge on any atom is -0.353 e. The Morgan fingerprint density at radius 1 is 1.04 bits per heavy atom. The molecule has 1 amide bonds. The van der Waals surface area contributed by atoms with Crippen molar-refractivity contribution in [2.24, 2.45) is 0 Å². The van der Waals surface area contributed by atoms with E-state index in [9.17, 15) is 4.79 Å². The smallest absolute Gasteiger partial charge is 0.239 e. The fraction of sp³-hybridized carbons (Fsp3) is 0.143. The number of carbonyl (C=O) groups is 1. The molecule has 1 fully saturated rings. The zero-order valence-electron chi connectivity index (χ0n) is 15.0. The summed E-state index contributed by atoms with van der Waals surface area (Å²) in [7, 11) is 0. The van der Waals surface area contributed by atoms with E-state index in [1.54, 1.807) is 17.5 Å². The van der Waals surface area contributed by atoms with Crippen molar-refractivity contribution in [2.45, 2.75) is 0 Å². The Bertz CT molecular complexity index is 1140. The number of thiophene rings is 1. The number of rotatable bonds is 3. The molecule has 0 unspecified atom stereocenters. The summed E-state index contributed by atoms with van der Waals surface area (Å²) in [5, 5.41) is 5.99. The number of hydrogen-bond donors (Lipinski definition) is 1. The zero-order chi connectivity index (χ0) is 18.9. The molecule has 0 bridgehead atoms. The van der Waals surface area contributed by atoms with Crippen molar-refractivity contribution in [1.29, 1.82) is 0 Å². The van der Waals surface area contributed by atoms with E-state index in [0.29, 0.717) is 18.9 Å². The molecular formula is C21H17N5OS. The highest BCUT2D eigenvalue weighted by Gasteiger charge is 2.24. The minimum atomic E-state index is 0.00823. The van der Waals surface area contributed by atoms with Crippen LogP contribution in [0, 0.1) is 0 Å². The van der Waals surface area contributed by atoms with Crippen molar-refractivity contribution < 1.29 is 4.79 Å². The van der Waals surface area contributed by atoms with Crippen molar-refractivity contribution in [3.05, 3.63) is 60.1 Å². The lowest BCUT2D eigenvalue weighted by atomic mass is 10.1. The third-order valence-electron chi connectivity index (χ3n) is 4.73. The van der Waals surface area contributed by atoms with Crippen LogP contribution in [-0.2, 0) is 4.79 Å². The second-order valence-corrected chi connectivity index (χ2v) is 7.41. The molecule has 0 radical (unpaired) electrons. The number of hydrogen-bond acceptors (Lipinski definition) is 6. The van der Waals surface area contributed by atoms with E-state index < -0.39 is 0 Å². The highest BCUT2D eigenvalue weighted by atomic mass is 32.1. The van der Waals surface area contributed by atoms with Gasteiger partial charge in [0.25, 0.3) is 0 Å². The summed E-state index contributed by atoms with van der Waals surface area (Å²) in [6, 6.07) is 15.9. The van der Waals surface area contributed by atoms with Crippen molar-refractivity contribution >= 4 is 33.3 Å². The number of aromatic nitrogens is 3. The Hall–Kier alpha value is -3.32. The van der Waals surface area contributed by atoms with Gasteiger partial charge in [0, 0.05) is 30.2 Å². The molecule has 1 N–H and O–H groups in total. The second-order valence-electron chi connectivity index (χ2n) is 6.55. The van der Waals surface area contributed by atoms with Gasteiger partial charge in [-0.15, -0.1) is 11.3 Å². The molecule has 0 aliphatic carbocycles. The fourth-order valence-electron chi connectivity index (χ4n) is 3.41. The maximum atomic E-state index is 12.0. The van der Waals surface area contributed by atoms with Crippen LogP contribution in [0.5, 0.6) is 0 Å². The van der Waals surface area contributed by atoms with Crippen LogP contribution in [-0.4, -0.2) is 40.5 Å². The predicted molar refractivity (Wildman–Crippen MR) is 111 cm³/mol. The number of fused-ring (bicyclic) bond motifs is 1. The maximum absolute atomic E-state index is 12.0. The summed E-state index contributed by atoms with van der Waals surface area (Å²) in [6.07, 6.45) is 1.74. The number of nitrogens with one attached hydrogen (secondary N) is 1. The van der Waals surface area contributed by atoms with Crippen molar-refractivity contribution in [1.82, 2.24) is 20.3 Å². The average Bonchev–Trinajstić information content (AvgIpc) is 3.18. The standard InChI is InChI=1S/C21H17N5OS/c27-17-12-26(11-10-23-17)20-18-15(14-6-2-1-3-7-14)13-28-21(18)25-19(24-20)16-8-4-5-9-22-16/h1-9,13H,10-12H2,(H,23,27). The number of nitrogens with zero attached hydrogens (tertiary/aromatic N) is 4. The summed E-state index contributed by atoms with van der Waals surface area (Å²) < 4.78 is 0. The first-order valence-corrected chi connectivity index (χ1v) is 9.95. The summed E-state index contributed by atoms with van der Waals surface area (Å²) in [4.78, 5) is 29.0. The Kier molecular flexibility index (Phi) is 4.21. The lowest BCUT2D eigenvalue weighted by molar-refractivity contribution is -0.120. The molecule has 4 heterocycles. The van der Waals surface area contributed by atoms with Crippen LogP contribution in [0.15, 0.2) is 60.1 Å². The highest BCUT2D eigenvalue weighted by Crippen LogP contribution is 2.39. The molecular weight excluding hydrogens is 370 g/mol. The third kappa shape index (κ3) is 2.99. The lowest BCUT2D eigenvalue weighted by Crippen LogP contribution is -2.48. The van der Waals surface area contributed by atoms with Crippen LogP contribution in [0.25, 0.3) is 32.9 Å². The molecule has 138 valence electrons. The van der Waals surface area contributed by atoms with Gasteiger partial charge in [-0.1, -0.05) is 36.4 Å². The topological polar surface area (TPSA) is 71.0 Å². The van der Waals surface area contributed by atoms with Crippen molar-refractivity contribution in [2.75, 3.05) is 24.5 Å². The number of benzene rings is 1. The molecule has 28 heavy (non-hydrogen) atoms. The number of pyridine rings is 1. The summed E-state index contributed by atoms with van der Waals surface area (Å²) in [6.45, 7) is 1.61. The lowest BCUT2D eigenvalue weighted by Gasteiger charge is -2.28. The first-order chi connectivity index (χ1) is 13.8. The predicted octanol–water partition coefficient (Wildman–Crippen LogP) is 3.36. The Morgan fingerprint density at radius 2 is 1.89 bits per heavy atom. The molecule has 6 nitrogen and oxygen atoms in total. The van der Waals surface area contributed by atoms with E-state index in [0.717, 1.165) is 32.9 Å². The Morgan fingerprint density at radius 3 is 2.68 bits per heavy atom.